The Kier molecular flexibility index (Phi) is 5.46. The first-order chi connectivity index (χ1) is 10.7. The van der Waals surface area contributed by atoms with Crippen LogP contribution in [0.2, 0.25) is 0 Å². The molecule has 2 atom stereocenters. The van der Waals surface area contributed by atoms with Gasteiger partial charge in [-0.1, -0.05) is 6.07 Å². The molecule has 3 rings (SSSR count). The first-order valence-corrected chi connectivity index (χ1v) is 8.83. The molecule has 22 heavy (non-hydrogen) atoms. The number of rotatable bonds is 5. The van der Waals surface area contributed by atoms with Crippen LogP contribution in [0, 0.1) is 0 Å². The molecule has 2 aliphatic heterocycles. The third-order valence-corrected chi connectivity index (χ3v) is 5.09. The second-order valence-electron chi connectivity index (χ2n) is 6.05. The minimum Gasteiger partial charge on any atom is -0.376 e. The summed E-state index contributed by atoms with van der Waals surface area (Å²) in [5.74, 6) is 0.0930. The molecule has 3 heterocycles. The van der Waals surface area contributed by atoms with E-state index in [1.54, 1.807) is 11.3 Å². The highest BCUT2D eigenvalue weighted by Gasteiger charge is 2.31. The van der Waals surface area contributed by atoms with Crippen LogP contribution >= 0.6 is 11.3 Å². The average molecular weight is 324 g/mol. The molecule has 2 saturated heterocycles. The topological polar surface area (TPSA) is 42.0 Å². The van der Waals surface area contributed by atoms with E-state index in [9.17, 15) is 4.79 Å². The van der Waals surface area contributed by atoms with Gasteiger partial charge in [0.2, 0.25) is 0 Å². The zero-order valence-electron chi connectivity index (χ0n) is 13.1. The molecule has 0 saturated carbocycles. The number of nitrogens with zero attached hydrogens (tertiary/aromatic N) is 2. The van der Waals surface area contributed by atoms with Gasteiger partial charge in [-0.05, 0) is 31.3 Å². The number of ether oxygens (including phenoxy) is 2. The van der Waals surface area contributed by atoms with Crippen molar-refractivity contribution in [2.24, 2.45) is 0 Å². The second kappa shape index (κ2) is 7.55. The van der Waals surface area contributed by atoms with Crippen molar-refractivity contribution in [1.29, 1.82) is 0 Å². The highest BCUT2D eigenvalue weighted by molar-refractivity contribution is 7.09. The van der Waals surface area contributed by atoms with Crippen LogP contribution < -0.4 is 0 Å². The van der Waals surface area contributed by atoms with E-state index in [-0.39, 0.29) is 18.1 Å². The van der Waals surface area contributed by atoms with Crippen LogP contribution in [0.4, 0.5) is 0 Å². The molecule has 0 bridgehead atoms. The normalized spacial score (nSPS) is 26.2. The zero-order valence-corrected chi connectivity index (χ0v) is 13.9. The average Bonchev–Trinajstić information content (AvgIpc) is 3.19. The standard InChI is InChI=1S/C16H24N2O3S/c1-17-6-8-21-15(12-17)16(19)18(10-13-4-2-7-20-13)11-14-5-3-9-22-14/h3,5,9,13,15H,2,4,6-8,10-12H2,1H3/t13-,15-/m0/s1. The molecular weight excluding hydrogens is 300 g/mol. The molecule has 0 N–H and O–H groups in total. The minimum absolute atomic E-state index is 0.0930. The van der Waals surface area contributed by atoms with Gasteiger partial charge in [-0.3, -0.25) is 4.79 Å². The molecule has 1 amide bonds. The fourth-order valence-electron chi connectivity index (χ4n) is 2.99. The number of morpholine rings is 1. The molecule has 122 valence electrons. The Bertz CT molecular complexity index is 474. The van der Waals surface area contributed by atoms with Crippen LogP contribution in [0.25, 0.3) is 0 Å². The SMILES string of the molecule is CN1CCO[C@H](C(=O)N(Cc2cccs2)C[C@@H]2CCCO2)C1. The van der Waals surface area contributed by atoms with Gasteiger partial charge in [0.25, 0.3) is 5.91 Å². The van der Waals surface area contributed by atoms with Gasteiger partial charge in [0.1, 0.15) is 6.10 Å². The quantitative estimate of drug-likeness (QED) is 0.825. The summed E-state index contributed by atoms with van der Waals surface area (Å²) in [5.41, 5.74) is 0. The van der Waals surface area contributed by atoms with Crippen LogP contribution in [-0.2, 0) is 20.8 Å². The van der Waals surface area contributed by atoms with Crippen molar-refractivity contribution in [3.63, 3.8) is 0 Å². The zero-order chi connectivity index (χ0) is 15.4. The number of thiophene rings is 1. The predicted octanol–water partition coefficient (Wildman–Crippen LogP) is 1.59. The summed E-state index contributed by atoms with van der Waals surface area (Å²) in [6.45, 7) is 4.32. The molecule has 2 aliphatic rings. The number of hydrogen-bond donors (Lipinski definition) is 0. The lowest BCUT2D eigenvalue weighted by molar-refractivity contribution is -0.151. The van der Waals surface area contributed by atoms with E-state index in [1.807, 2.05) is 18.0 Å². The van der Waals surface area contributed by atoms with Gasteiger partial charge in [0.15, 0.2) is 0 Å². The molecule has 1 aromatic rings. The summed E-state index contributed by atoms with van der Waals surface area (Å²) in [4.78, 5) is 18.2. The van der Waals surface area contributed by atoms with Gasteiger partial charge in [-0.15, -0.1) is 11.3 Å². The van der Waals surface area contributed by atoms with Crippen molar-refractivity contribution < 1.29 is 14.3 Å². The van der Waals surface area contributed by atoms with E-state index >= 15 is 0 Å². The lowest BCUT2D eigenvalue weighted by Gasteiger charge is -2.34. The number of likely N-dealkylation sites (N-methyl/N-ethyl adjacent to an activating group) is 1. The third-order valence-electron chi connectivity index (χ3n) is 4.23. The molecule has 1 aromatic heterocycles. The van der Waals surface area contributed by atoms with Gasteiger partial charge in [0, 0.05) is 31.1 Å². The Morgan fingerprint density at radius 1 is 1.45 bits per heavy atom. The van der Waals surface area contributed by atoms with Crippen molar-refractivity contribution in [1.82, 2.24) is 9.80 Å². The molecule has 0 unspecified atom stereocenters. The molecule has 5 nitrogen and oxygen atoms in total. The number of carbonyl (C=O) groups excluding carboxylic acids is 1. The fourth-order valence-corrected chi connectivity index (χ4v) is 3.71. The van der Waals surface area contributed by atoms with Gasteiger partial charge in [-0.2, -0.15) is 0 Å². The van der Waals surface area contributed by atoms with Crippen LogP contribution in [0.5, 0.6) is 0 Å². The lowest BCUT2D eigenvalue weighted by atomic mass is 10.2. The first kappa shape index (κ1) is 15.9. The first-order valence-electron chi connectivity index (χ1n) is 7.95. The maximum Gasteiger partial charge on any atom is 0.253 e. The molecule has 0 aliphatic carbocycles. The maximum atomic E-state index is 12.9. The van der Waals surface area contributed by atoms with Crippen molar-refractivity contribution in [2.45, 2.75) is 31.6 Å². The summed E-state index contributed by atoms with van der Waals surface area (Å²) in [7, 11) is 2.03. The number of hydrogen-bond acceptors (Lipinski definition) is 5. The van der Waals surface area contributed by atoms with E-state index in [1.165, 1.54) is 4.88 Å². The van der Waals surface area contributed by atoms with E-state index in [0.29, 0.717) is 26.2 Å². The second-order valence-corrected chi connectivity index (χ2v) is 7.09. The van der Waals surface area contributed by atoms with E-state index in [2.05, 4.69) is 16.3 Å². The molecular formula is C16H24N2O3S. The van der Waals surface area contributed by atoms with E-state index in [0.717, 1.165) is 26.0 Å². The Balaban J connectivity index is 1.66. The minimum atomic E-state index is -0.347. The lowest BCUT2D eigenvalue weighted by Crippen LogP contribution is -2.51. The Hall–Kier alpha value is -0.950. The van der Waals surface area contributed by atoms with Crippen LogP contribution in [-0.4, -0.2) is 67.8 Å². The number of carbonyl (C=O) groups is 1. The molecule has 0 radical (unpaired) electrons. The molecule has 0 spiro atoms. The van der Waals surface area contributed by atoms with Crippen molar-refractivity contribution in [2.75, 3.05) is 39.9 Å². The molecule has 2 fully saturated rings. The summed E-state index contributed by atoms with van der Waals surface area (Å²) in [6, 6.07) is 4.11. The van der Waals surface area contributed by atoms with Gasteiger partial charge < -0.3 is 19.3 Å². The van der Waals surface area contributed by atoms with Crippen LogP contribution in [0.3, 0.4) is 0 Å². The Morgan fingerprint density at radius 3 is 3.05 bits per heavy atom. The summed E-state index contributed by atoms with van der Waals surface area (Å²) in [6.07, 6.45) is 1.96. The third kappa shape index (κ3) is 4.07. The van der Waals surface area contributed by atoms with Crippen LogP contribution in [0.15, 0.2) is 17.5 Å². The monoisotopic (exact) mass is 324 g/mol. The van der Waals surface area contributed by atoms with Crippen LogP contribution in [0.1, 0.15) is 17.7 Å². The largest absolute Gasteiger partial charge is 0.376 e. The smallest absolute Gasteiger partial charge is 0.253 e. The summed E-state index contributed by atoms with van der Waals surface area (Å²) >= 11 is 1.69. The van der Waals surface area contributed by atoms with E-state index in [4.69, 9.17) is 9.47 Å². The van der Waals surface area contributed by atoms with E-state index < -0.39 is 0 Å². The summed E-state index contributed by atoms with van der Waals surface area (Å²) < 4.78 is 11.4. The summed E-state index contributed by atoms with van der Waals surface area (Å²) in [5, 5.41) is 2.05. The highest BCUT2D eigenvalue weighted by atomic mass is 32.1. The van der Waals surface area contributed by atoms with Crippen molar-refractivity contribution >= 4 is 17.2 Å². The fraction of sp³-hybridized carbons (Fsp3) is 0.688. The van der Waals surface area contributed by atoms with Gasteiger partial charge in [0.05, 0.1) is 19.3 Å². The van der Waals surface area contributed by atoms with Gasteiger partial charge in [-0.25, -0.2) is 0 Å². The predicted molar refractivity (Wildman–Crippen MR) is 85.9 cm³/mol. The molecule has 0 aromatic carbocycles. The maximum absolute atomic E-state index is 12.9. The molecule has 6 heteroatoms. The van der Waals surface area contributed by atoms with Crippen molar-refractivity contribution in [3.8, 4) is 0 Å². The van der Waals surface area contributed by atoms with Gasteiger partial charge >= 0.3 is 0 Å². The van der Waals surface area contributed by atoms with Crippen molar-refractivity contribution in [3.05, 3.63) is 22.4 Å². The highest BCUT2D eigenvalue weighted by Crippen LogP contribution is 2.19. The Morgan fingerprint density at radius 2 is 2.36 bits per heavy atom. The Labute approximate surface area is 135 Å². The number of amides is 1.